The lowest BCUT2D eigenvalue weighted by Gasteiger charge is -2.27. The van der Waals surface area contributed by atoms with Crippen LogP contribution < -0.4 is 10.2 Å². The van der Waals surface area contributed by atoms with Gasteiger partial charge in [-0.25, -0.2) is 0 Å². The molecule has 3 rings (SSSR count). The number of anilines is 1. The molecular weight excluding hydrogens is 236 g/mol. The molecule has 1 aliphatic heterocycles. The van der Waals surface area contributed by atoms with Gasteiger partial charge in [0.1, 0.15) is 6.04 Å². The number of hydrogen-bond acceptors (Lipinski definition) is 2. The van der Waals surface area contributed by atoms with Gasteiger partial charge >= 0.3 is 0 Å². The topological polar surface area (TPSA) is 32.3 Å². The highest BCUT2D eigenvalue weighted by Crippen LogP contribution is 2.29. The monoisotopic (exact) mass is 258 g/mol. The van der Waals surface area contributed by atoms with Crippen molar-refractivity contribution in [1.82, 2.24) is 5.32 Å². The molecule has 0 spiro atoms. The molecule has 1 amide bonds. The lowest BCUT2D eigenvalue weighted by atomic mass is 10.1. The maximum atomic E-state index is 12.3. The average molecular weight is 258 g/mol. The number of nitrogens with one attached hydrogen (secondary N) is 1. The van der Waals surface area contributed by atoms with Crippen LogP contribution in [0.5, 0.6) is 0 Å². The number of benzene rings is 1. The number of nitrogens with zero attached hydrogens (tertiary/aromatic N) is 1. The minimum absolute atomic E-state index is 0.0655. The minimum atomic E-state index is -0.0655. The molecule has 102 valence electrons. The Morgan fingerprint density at radius 2 is 2.05 bits per heavy atom. The van der Waals surface area contributed by atoms with Crippen molar-refractivity contribution in [3.8, 4) is 0 Å². The Balaban J connectivity index is 1.67. The van der Waals surface area contributed by atoms with E-state index in [1.165, 1.54) is 24.1 Å². The van der Waals surface area contributed by atoms with Crippen LogP contribution in [0.25, 0.3) is 0 Å². The van der Waals surface area contributed by atoms with Crippen molar-refractivity contribution in [2.75, 3.05) is 11.4 Å². The number of hydrogen-bond donors (Lipinski definition) is 1. The van der Waals surface area contributed by atoms with Crippen LogP contribution in [0.4, 0.5) is 5.69 Å². The van der Waals surface area contributed by atoms with Crippen LogP contribution in [-0.2, 0) is 11.2 Å². The molecule has 1 N–H and O–H groups in total. The van der Waals surface area contributed by atoms with E-state index in [0.29, 0.717) is 6.04 Å². The molecule has 1 aromatic rings. The summed E-state index contributed by atoms with van der Waals surface area (Å²) in [6.07, 6.45) is 5.86. The summed E-state index contributed by atoms with van der Waals surface area (Å²) in [7, 11) is 0. The second kappa shape index (κ2) is 5.24. The van der Waals surface area contributed by atoms with Crippen molar-refractivity contribution in [3.63, 3.8) is 0 Å². The van der Waals surface area contributed by atoms with Crippen LogP contribution in [0.15, 0.2) is 24.3 Å². The quantitative estimate of drug-likeness (QED) is 0.903. The van der Waals surface area contributed by atoms with Crippen LogP contribution in [0, 0.1) is 0 Å². The SMILES string of the molecule is CC(C(=O)NC1CCCC1)N1CCc2ccccc21. The Morgan fingerprint density at radius 3 is 2.84 bits per heavy atom. The van der Waals surface area contributed by atoms with Crippen molar-refractivity contribution in [1.29, 1.82) is 0 Å². The van der Waals surface area contributed by atoms with Gasteiger partial charge in [-0.05, 0) is 37.8 Å². The predicted molar refractivity (Wildman–Crippen MR) is 77.4 cm³/mol. The summed E-state index contributed by atoms with van der Waals surface area (Å²) in [6.45, 7) is 2.98. The van der Waals surface area contributed by atoms with Crippen molar-refractivity contribution >= 4 is 11.6 Å². The smallest absolute Gasteiger partial charge is 0.242 e. The van der Waals surface area contributed by atoms with Gasteiger partial charge in [0.15, 0.2) is 0 Å². The Kier molecular flexibility index (Phi) is 3.45. The highest BCUT2D eigenvalue weighted by molar-refractivity contribution is 5.86. The summed E-state index contributed by atoms with van der Waals surface area (Å²) in [6, 6.07) is 8.76. The number of carbonyl (C=O) groups excluding carboxylic acids is 1. The minimum Gasteiger partial charge on any atom is -0.359 e. The average Bonchev–Trinajstić information content (AvgIpc) is 3.06. The number of carbonyl (C=O) groups is 1. The molecule has 1 fully saturated rings. The highest BCUT2D eigenvalue weighted by Gasteiger charge is 2.28. The van der Waals surface area contributed by atoms with E-state index >= 15 is 0 Å². The lowest BCUT2D eigenvalue weighted by Crippen LogP contribution is -2.47. The first-order valence-corrected chi connectivity index (χ1v) is 7.40. The molecule has 1 heterocycles. The van der Waals surface area contributed by atoms with Gasteiger partial charge in [-0.1, -0.05) is 31.0 Å². The van der Waals surface area contributed by atoms with Gasteiger partial charge in [0.05, 0.1) is 0 Å². The summed E-state index contributed by atoms with van der Waals surface area (Å²) < 4.78 is 0. The first kappa shape index (κ1) is 12.5. The Labute approximate surface area is 115 Å². The fourth-order valence-corrected chi connectivity index (χ4v) is 3.30. The molecule has 0 aromatic heterocycles. The van der Waals surface area contributed by atoms with E-state index in [1.54, 1.807) is 0 Å². The van der Waals surface area contributed by atoms with Gasteiger partial charge in [0.2, 0.25) is 5.91 Å². The van der Waals surface area contributed by atoms with Gasteiger partial charge in [0, 0.05) is 18.3 Å². The van der Waals surface area contributed by atoms with Gasteiger partial charge in [-0.15, -0.1) is 0 Å². The third-order valence-electron chi connectivity index (χ3n) is 4.47. The summed E-state index contributed by atoms with van der Waals surface area (Å²) >= 11 is 0. The van der Waals surface area contributed by atoms with Gasteiger partial charge in [-0.2, -0.15) is 0 Å². The summed E-state index contributed by atoms with van der Waals surface area (Å²) in [5, 5.41) is 3.21. The molecule has 0 bridgehead atoms. The van der Waals surface area contributed by atoms with Crippen LogP contribution >= 0.6 is 0 Å². The molecule has 1 atom stereocenters. The third kappa shape index (κ3) is 2.46. The molecular formula is C16H22N2O. The molecule has 3 heteroatoms. The molecule has 2 aliphatic rings. The van der Waals surface area contributed by atoms with E-state index in [4.69, 9.17) is 0 Å². The first-order chi connectivity index (χ1) is 9.25. The third-order valence-corrected chi connectivity index (χ3v) is 4.47. The summed E-state index contributed by atoms with van der Waals surface area (Å²) in [4.78, 5) is 14.6. The Hall–Kier alpha value is -1.51. The summed E-state index contributed by atoms with van der Waals surface area (Å²) in [5.41, 5.74) is 2.60. The van der Waals surface area contributed by atoms with Crippen LogP contribution in [-0.4, -0.2) is 24.5 Å². The Morgan fingerprint density at radius 1 is 1.32 bits per heavy atom. The van der Waals surface area contributed by atoms with Crippen molar-refractivity contribution in [2.24, 2.45) is 0 Å². The fourth-order valence-electron chi connectivity index (χ4n) is 3.30. The molecule has 1 aliphatic carbocycles. The van der Waals surface area contributed by atoms with Crippen molar-refractivity contribution < 1.29 is 4.79 Å². The zero-order chi connectivity index (χ0) is 13.2. The van der Waals surface area contributed by atoms with E-state index < -0.39 is 0 Å². The van der Waals surface area contributed by atoms with E-state index in [-0.39, 0.29) is 11.9 Å². The van der Waals surface area contributed by atoms with E-state index in [9.17, 15) is 4.79 Å². The Bertz CT molecular complexity index is 466. The van der Waals surface area contributed by atoms with Gasteiger partial charge < -0.3 is 10.2 Å². The number of rotatable bonds is 3. The van der Waals surface area contributed by atoms with E-state index in [1.807, 2.05) is 6.92 Å². The predicted octanol–water partition coefficient (Wildman–Crippen LogP) is 2.50. The molecule has 0 radical (unpaired) electrons. The highest BCUT2D eigenvalue weighted by atomic mass is 16.2. The molecule has 1 unspecified atom stereocenters. The number of fused-ring (bicyclic) bond motifs is 1. The molecule has 1 saturated carbocycles. The molecule has 3 nitrogen and oxygen atoms in total. The van der Waals surface area contributed by atoms with Gasteiger partial charge in [-0.3, -0.25) is 4.79 Å². The standard InChI is InChI=1S/C16H22N2O/c1-12(16(19)17-14-7-3-4-8-14)18-11-10-13-6-2-5-9-15(13)18/h2,5-6,9,12,14H,3-4,7-8,10-11H2,1H3,(H,17,19). The van der Waals surface area contributed by atoms with Crippen LogP contribution in [0.1, 0.15) is 38.2 Å². The zero-order valence-electron chi connectivity index (χ0n) is 11.6. The van der Waals surface area contributed by atoms with Crippen LogP contribution in [0.3, 0.4) is 0 Å². The largest absolute Gasteiger partial charge is 0.359 e. The van der Waals surface area contributed by atoms with Crippen molar-refractivity contribution in [3.05, 3.63) is 29.8 Å². The lowest BCUT2D eigenvalue weighted by molar-refractivity contribution is -0.122. The zero-order valence-corrected chi connectivity index (χ0v) is 11.6. The maximum Gasteiger partial charge on any atom is 0.242 e. The van der Waals surface area contributed by atoms with E-state index in [0.717, 1.165) is 25.8 Å². The fraction of sp³-hybridized carbons (Fsp3) is 0.562. The maximum absolute atomic E-state index is 12.3. The normalized spacial score (nSPS) is 20.4. The molecule has 19 heavy (non-hydrogen) atoms. The van der Waals surface area contributed by atoms with Gasteiger partial charge in [0.25, 0.3) is 0 Å². The second-order valence-corrected chi connectivity index (χ2v) is 5.74. The number of amides is 1. The van der Waals surface area contributed by atoms with Crippen LogP contribution in [0.2, 0.25) is 0 Å². The molecule has 1 aromatic carbocycles. The first-order valence-electron chi connectivity index (χ1n) is 7.40. The number of para-hydroxylation sites is 1. The summed E-state index contributed by atoms with van der Waals surface area (Å²) in [5.74, 6) is 0.184. The van der Waals surface area contributed by atoms with Crippen molar-refractivity contribution in [2.45, 2.75) is 51.1 Å². The molecule has 0 saturated heterocycles. The second-order valence-electron chi connectivity index (χ2n) is 5.74. The van der Waals surface area contributed by atoms with E-state index in [2.05, 4.69) is 34.5 Å².